The van der Waals surface area contributed by atoms with Crippen LogP contribution < -0.4 is 10.1 Å². The molecule has 0 aromatic heterocycles. The van der Waals surface area contributed by atoms with Crippen LogP contribution >= 0.6 is 0 Å². The van der Waals surface area contributed by atoms with Crippen molar-refractivity contribution in [3.8, 4) is 5.75 Å². The fraction of sp³-hybridized carbons (Fsp3) is 0.600. The zero-order valence-corrected chi connectivity index (χ0v) is 12.0. The SMILES string of the molecule is CCCNC(C)c1c(F)cccc1OC(C)(C)C. The highest BCUT2D eigenvalue weighted by Crippen LogP contribution is 2.30. The first-order valence-corrected chi connectivity index (χ1v) is 6.56. The topological polar surface area (TPSA) is 21.3 Å². The van der Waals surface area contributed by atoms with Crippen LogP contribution in [0.25, 0.3) is 0 Å². The fourth-order valence-electron chi connectivity index (χ4n) is 1.82. The molecule has 0 aliphatic heterocycles. The Bertz CT molecular complexity index is 385. The highest BCUT2D eigenvalue weighted by atomic mass is 19.1. The van der Waals surface area contributed by atoms with Gasteiger partial charge >= 0.3 is 0 Å². The second-order valence-corrected chi connectivity index (χ2v) is 5.54. The summed E-state index contributed by atoms with van der Waals surface area (Å²) in [5, 5.41) is 3.30. The predicted molar refractivity (Wildman–Crippen MR) is 73.5 cm³/mol. The molecule has 0 saturated heterocycles. The third-order valence-corrected chi connectivity index (χ3v) is 2.56. The lowest BCUT2D eigenvalue weighted by molar-refractivity contribution is 0.127. The van der Waals surface area contributed by atoms with Crippen LogP contribution in [0.15, 0.2) is 18.2 Å². The van der Waals surface area contributed by atoms with Gasteiger partial charge in [0, 0.05) is 11.6 Å². The molecule has 18 heavy (non-hydrogen) atoms. The van der Waals surface area contributed by atoms with Crippen molar-refractivity contribution in [2.45, 2.75) is 52.7 Å². The maximum absolute atomic E-state index is 14.0. The minimum atomic E-state index is -0.326. The largest absolute Gasteiger partial charge is 0.488 e. The van der Waals surface area contributed by atoms with Crippen LogP contribution in [0.1, 0.15) is 52.6 Å². The van der Waals surface area contributed by atoms with Crippen LogP contribution in [0.4, 0.5) is 4.39 Å². The minimum absolute atomic E-state index is 0.0523. The zero-order chi connectivity index (χ0) is 13.8. The molecular weight excluding hydrogens is 229 g/mol. The van der Waals surface area contributed by atoms with Crippen molar-refractivity contribution < 1.29 is 9.13 Å². The van der Waals surface area contributed by atoms with Crippen molar-refractivity contribution in [2.75, 3.05) is 6.54 Å². The molecule has 0 aliphatic carbocycles. The first kappa shape index (κ1) is 15.0. The van der Waals surface area contributed by atoms with Crippen molar-refractivity contribution in [1.82, 2.24) is 5.32 Å². The van der Waals surface area contributed by atoms with Gasteiger partial charge in [0.2, 0.25) is 0 Å². The molecular formula is C15H24FNO. The Hall–Kier alpha value is -1.09. The predicted octanol–water partition coefficient (Wildman–Crippen LogP) is 4.06. The van der Waals surface area contributed by atoms with E-state index >= 15 is 0 Å². The molecule has 1 unspecified atom stereocenters. The number of nitrogens with one attached hydrogen (secondary N) is 1. The Balaban J connectivity index is 3.00. The standard InChI is InChI=1S/C15H24FNO/c1-6-10-17-11(2)14-12(16)8-7-9-13(14)18-15(3,4)5/h7-9,11,17H,6,10H2,1-5H3. The second kappa shape index (κ2) is 6.19. The quantitative estimate of drug-likeness (QED) is 0.854. The lowest BCUT2D eigenvalue weighted by atomic mass is 10.1. The summed E-state index contributed by atoms with van der Waals surface area (Å²) in [7, 11) is 0. The number of hydrogen-bond acceptors (Lipinski definition) is 2. The zero-order valence-electron chi connectivity index (χ0n) is 12.0. The molecule has 1 rings (SSSR count). The Morgan fingerprint density at radius 3 is 2.56 bits per heavy atom. The van der Waals surface area contributed by atoms with Crippen LogP contribution in [0, 0.1) is 5.82 Å². The first-order chi connectivity index (χ1) is 8.35. The maximum Gasteiger partial charge on any atom is 0.131 e. The smallest absolute Gasteiger partial charge is 0.131 e. The average Bonchev–Trinajstić information content (AvgIpc) is 2.24. The van der Waals surface area contributed by atoms with Gasteiger partial charge in [-0.3, -0.25) is 0 Å². The number of halogens is 1. The van der Waals surface area contributed by atoms with E-state index in [0.717, 1.165) is 13.0 Å². The van der Waals surface area contributed by atoms with Gasteiger partial charge in [0.1, 0.15) is 17.2 Å². The molecule has 0 amide bonds. The summed E-state index contributed by atoms with van der Waals surface area (Å²) >= 11 is 0. The third-order valence-electron chi connectivity index (χ3n) is 2.56. The highest BCUT2D eigenvalue weighted by molar-refractivity contribution is 5.37. The van der Waals surface area contributed by atoms with E-state index in [9.17, 15) is 4.39 Å². The van der Waals surface area contributed by atoms with E-state index in [1.807, 2.05) is 33.8 Å². The van der Waals surface area contributed by atoms with Crippen molar-refractivity contribution in [3.05, 3.63) is 29.6 Å². The highest BCUT2D eigenvalue weighted by Gasteiger charge is 2.20. The van der Waals surface area contributed by atoms with E-state index in [1.165, 1.54) is 6.07 Å². The Morgan fingerprint density at radius 1 is 1.33 bits per heavy atom. The third kappa shape index (κ3) is 4.30. The summed E-state index contributed by atoms with van der Waals surface area (Å²) in [6.07, 6.45) is 1.02. The Morgan fingerprint density at radius 2 is 2.00 bits per heavy atom. The summed E-state index contributed by atoms with van der Waals surface area (Å²) in [6.45, 7) is 10.8. The molecule has 1 atom stereocenters. The van der Waals surface area contributed by atoms with Crippen LogP contribution in [0.2, 0.25) is 0 Å². The maximum atomic E-state index is 14.0. The number of hydrogen-bond donors (Lipinski definition) is 1. The van der Waals surface area contributed by atoms with Crippen molar-refractivity contribution in [2.24, 2.45) is 0 Å². The molecule has 2 nitrogen and oxygen atoms in total. The Kier molecular flexibility index (Phi) is 5.15. The van der Waals surface area contributed by atoms with Gasteiger partial charge in [-0.05, 0) is 52.8 Å². The molecule has 1 aromatic rings. The first-order valence-electron chi connectivity index (χ1n) is 6.56. The van der Waals surface area contributed by atoms with Crippen molar-refractivity contribution in [3.63, 3.8) is 0 Å². The van der Waals surface area contributed by atoms with E-state index in [0.29, 0.717) is 11.3 Å². The summed E-state index contributed by atoms with van der Waals surface area (Å²) in [6, 6.07) is 4.94. The second-order valence-electron chi connectivity index (χ2n) is 5.54. The number of benzene rings is 1. The van der Waals surface area contributed by atoms with Crippen LogP contribution in [0.3, 0.4) is 0 Å². The summed E-state index contributed by atoms with van der Waals surface area (Å²) in [4.78, 5) is 0. The lowest BCUT2D eigenvalue weighted by Gasteiger charge is -2.25. The molecule has 0 heterocycles. The average molecular weight is 253 g/mol. The van der Waals surface area contributed by atoms with Crippen molar-refractivity contribution in [1.29, 1.82) is 0 Å². The molecule has 1 N–H and O–H groups in total. The van der Waals surface area contributed by atoms with E-state index < -0.39 is 0 Å². The normalized spacial score (nSPS) is 13.4. The van der Waals surface area contributed by atoms with Gasteiger partial charge in [-0.2, -0.15) is 0 Å². The fourth-order valence-corrected chi connectivity index (χ4v) is 1.82. The molecule has 0 fully saturated rings. The Labute approximate surface area is 110 Å². The van der Waals surface area contributed by atoms with E-state index in [1.54, 1.807) is 6.07 Å². The van der Waals surface area contributed by atoms with Crippen LogP contribution in [-0.2, 0) is 0 Å². The molecule has 0 radical (unpaired) electrons. The number of rotatable bonds is 5. The van der Waals surface area contributed by atoms with Gasteiger partial charge in [0.05, 0.1) is 0 Å². The van der Waals surface area contributed by atoms with Crippen molar-refractivity contribution >= 4 is 0 Å². The van der Waals surface area contributed by atoms with Gasteiger partial charge in [0.25, 0.3) is 0 Å². The van der Waals surface area contributed by atoms with Gasteiger partial charge in [0.15, 0.2) is 0 Å². The summed E-state index contributed by atoms with van der Waals surface area (Å²) < 4.78 is 19.8. The van der Waals surface area contributed by atoms with Gasteiger partial charge in [-0.15, -0.1) is 0 Å². The monoisotopic (exact) mass is 253 g/mol. The molecule has 0 saturated carbocycles. The summed E-state index contributed by atoms with van der Waals surface area (Å²) in [5.41, 5.74) is 0.286. The van der Waals surface area contributed by atoms with E-state index in [2.05, 4.69) is 12.2 Å². The molecule has 0 spiro atoms. The molecule has 102 valence electrons. The minimum Gasteiger partial charge on any atom is -0.488 e. The van der Waals surface area contributed by atoms with E-state index in [4.69, 9.17) is 4.74 Å². The molecule has 0 aliphatic rings. The van der Waals surface area contributed by atoms with Gasteiger partial charge < -0.3 is 10.1 Å². The molecule has 1 aromatic carbocycles. The van der Waals surface area contributed by atoms with Crippen LogP contribution in [-0.4, -0.2) is 12.1 Å². The molecule has 3 heteroatoms. The molecule has 0 bridgehead atoms. The van der Waals surface area contributed by atoms with Gasteiger partial charge in [-0.25, -0.2) is 4.39 Å². The van der Waals surface area contributed by atoms with Crippen LogP contribution in [0.5, 0.6) is 5.75 Å². The van der Waals surface area contributed by atoms with Gasteiger partial charge in [-0.1, -0.05) is 13.0 Å². The lowest BCUT2D eigenvalue weighted by Crippen LogP contribution is -2.26. The summed E-state index contributed by atoms with van der Waals surface area (Å²) in [5.74, 6) is 0.409. The van der Waals surface area contributed by atoms with E-state index in [-0.39, 0.29) is 17.5 Å². The number of ether oxygens (including phenoxy) is 1.